The summed E-state index contributed by atoms with van der Waals surface area (Å²) in [6.07, 6.45) is 0. The molecule has 5 heteroatoms. The van der Waals surface area contributed by atoms with Crippen LogP contribution in [0.4, 0.5) is 0 Å². The summed E-state index contributed by atoms with van der Waals surface area (Å²) in [6.45, 7) is 10.2. The number of rotatable bonds is 2. The summed E-state index contributed by atoms with van der Waals surface area (Å²) in [4.78, 5) is 0. The van der Waals surface area contributed by atoms with Gasteiger partial charge in [-0.05, 0) is 17.6 Å². The molecule has 2 aliphatic heterocycles. The zero-order chi connectivity index (χ0) is 13.0. The largest absolute Gasteiger partial charge is 0.458 e. The summed E-state index contributed by atoms with van der Waals surface area (Å²) in [5, 5.41) is 0. The number of hydrogen-bond acceptors (Lipinski definition) is 2. The highest BCUT2D eigenvalue weighted by Gasteiger charge is 2.44. The highest BCUT2D eigenvalue weighted by atomic mass is 16.5. The Balaban J connectivity index is 2.10. The summed E-state index contributed by atoms with van der Waals surface area (Å²) in [5.74, 6) is 2.63. The molecule has 2 aliphatic rings. The molecule has 3 rings (SSSR count). The van der Waals surface area contributed by atoms with Crippen LogP contribution in [-0.2, 0) is 0 Å². The quantitative estimate of drug-likeness (QED) is 0.569. The summed E-state index contributed by atoms with van der Waals surface area (Å²) >= 11 is 0. The van der Waals surface area contributed by atoms with Gasteiger partial charge < -0.3 is 17.3 Å². The second-order valence-corrected chi connectivity index (χ2v) is 5.95. The van der Waals surface area contributed by atoms with Crippen molar-refractivity contribution in [2.75, 3.05) is 13.2 Å². The monoisotopic (exact) mass is 247 g/mol. The maximum Gasteiger partial charge on any atom is 0.369 e. The first-order valence-corrected chi connectivity index (χ1v) is 6.73. The van der Waals surface area contributed by atoms with E-state index in [0.29, 0.717) is 37.1 Å². The van der Waals surface area contributed by atoms with Crippen molar-refractivity contribution < 1.29 is 14.0 Å². The minimum Gasteiger partial charge on any atom is -0.458 e. The molecule has 0 saturated heterocycles. The molecule has 1 aromatic heterocycles. The molecule has 2 atom stereocenters. The molecule has 3 radical (unpaired) electrons. The molecule has 0 bridgehead atoms. The predicted molar refractivity (Wildman–Crippen MR) is 68.8 cm³/mol. The highest BCUT2D eigenvalue weighted by molar-refractivity contribution is 6.28. The van der Waals surface area contributed by atoms with Gasteiger partial charge in [0, 0.05) is 0 Å². The molecule has 18 heavy (non-hydrogen) atoms. The molecule has 0 spiro atoms. The summed E-state index contributed by atoms with van der Waals surface area (Å²) < 4.78 is 15.8. The SMILES string of the molecule is [B-]c1n2c(c3[n+]1[C@@H](C(C)C)CO3)OC[C@@H]2C(C)C. The van der Waals surface area contributed by atoms with E-state index >= 15 is 0 Å². The Morgan fingerprint density at radius 2 is 1.89 bits per heavy atom. The fourth-order valence-corrected chi connectivity index (χ4v) is 2.89. The van der Waals surface area contributed by atoms with Crippen LogP contribution >= 0.6 is 0 Å². The van der Waals surface area contributed by atoms with E-state index in [2.05, 4.69) is 36.8 Å². The van der Waals surface area contributed by atoms with Gasteiger partial charge in [-0.3, -0.25) is 0 Å². The van der Waals surface area contributed by atoms with Crippen molar-refractivity contribution >= 4 is 13.6 Å². The van der Waals surface area contributed by atoms with E-state index < -0.39 is 0 Å². The Morgan fingerprint density at radius 3 is 2.50 bits per heavy atom. The lowest BCUT2D eigenvalue weighted by Crippen LogP contribution is -2.54. The van der Waals surface area contributed by atoms with E-state index in [1.165, 1.54) is 0 Å². The van der Waals surface area contributed by atoms with Gasteiger partial charge in [-0.2, -0.15) is 0 Å². The van der Waals surface area contributed by atoms with Crippen molar-refractivity contribution in [3.8, 4) is 11.8 Å². The minimum absolute atomic E-state index is 0.314. The van der Waals surface area contributed by atoms with Crippen LogP contribution < -0.4 is 19.8 Å². The van der Waals surface area contributed by atoms with Gasteiger partial charge in [-0.15, -0.1) is 0 Å². The molecule has 0 fully saturated rings. The second kappa shape index (κ2) is 3.94. The molecule has 0 amide bonds. The van der Waals surface area contributed by atoms with Crippen LogP contribution in [-0.4, -0.2) is 25.6 Å². The van der Waals surface area contributed by atoms with Gasteiger partial charge in [0.15, 0.2) is 0 Å². The number of imidazole rings is 1. The minimum atomic E-state index is 0.314. The topological polar surface area (TPSA) is 27.3 Å². The first-order valence-electron chi connectivity index (χ1n) is 6.73. The van der Waals surface area contributed by atoms with Gasteiger partial charge in [-0.1, -0.05) is 27.7 Å². The standard InChI is InChI=1S/C13H20BN2O2/c1-7(2)9-5-17-11-12-16(13(14)15(9)11)10(6-18-12)8(3)4/h7-10H,5-6H2,1-4H3/t9-,10-/m1/s1. The van der Waals surface area contributed by atoms with Crippen LogP contribution in [0.2, 0.25) is 0 Å². The van der Waals surface area contributed by atoms with E-state index in [0.717, 1.165) is 17.5 Å². The van der Waals surface area contributed by atoms with E-state index in [9.17, 15) is 0 Å². The normalized spacial score (nSPS) is 25.3. The summed E-state index contributed by atoms with van der Waals surface area (Å²) in [6, 6.07) is 0.629. The van der Waals surface area contributed by atoms with Crippen LogP contribution in [0, 0.1) is 11.8 Å². The van der Waals surface area contributed by atoms with E-state index in [1.807, 2.05) is 0 Å². The first-order chi connectivity index (χ1) is 8.52. The summed E-state index contributed by atoms with van der Waals surface area (Å²) in [5.41, 5.74) is 0.771. The number of fused-ring (bicyclic) bond motifs is 3. The van der Waals surface area contributed by atoms with Crippen LogP contribution in [0.15, 0.2) is 0 Å². The Kier molecular flexibility index (Phi) is 2.61. The average molecular weight is 247 g/mol. The number of nitrogens with zero attached hydrogens (tertiary/aromatic N) is 2. The molecule has 0 aromatic carbocycles. The van der Waals surface area contributed by atoms with Crippen molar-refractivity contribution in [3.63, 3.8) is 0 Å². The smallest absolute Gasteiger partial charge is 0.369 e. The Labute approximate surface area is 109 Å². The van der Waals surface area contributed by atoms with E-state index in [4.69, 9.17) is 17.3 Å². The van der Waals surface area contributed by atoms with Crippen molar-refractivity contribution in [2.45, 2.75) is 39.8 Å². The molecule has 0 saturated carbocycles. The van der Waals surface area contributed by atoms with Gasteiger partial charge >= 0.3 is 11.8 Å². The third-order valence-corrected chi connectivity index (χ3v) is 4.10. The average Bonchev–Trinajstić information content (AvgIpc) is 2.94. The molecule has 3 heterocycles. The van der Waals surface area contributed by atoms with Crippen molar-refractivity contribution in [3.05, 3.63) is 0 Å². The van der Waals surface area contributed by atoms with E-state index in [1.54, 1.807) is 0 Å². The van der Waals surface area contributed by atoms with Gasteiger partial charge in [0.2, 0.25) is 0 Å². The zero-order valence-electron chi connectivity index (χ0n) is 11.5. The molecule has 1 aromatic rings. The number of hydrogen-bond donors (Lipinski definition) is 0. The number of aromatic nitrogens is 2. The Hall–Kier alpha value is -1.13. The second-order valence-electron chi connectivity index (χ2n) is 5.95. The molecule has 0 unspecified atom stereocenters. The van der Waals surface area contributed by atoms with Crippen molar-refractivity contribution in [2.24, 2.45) is 11.8 Å². The van der Waals surface area contributed by atoms with Crippen LogP contribution in [0.25, 0.3) is 0 Å². The lowest BCUT2D eigenvalue weighted by atomic mass is 10.0. The molecule has 4 nitrogen and oxygen atoms in total. The number of ether oxygens (including phenoxy) is 2. The van der Waals surface area contributed by atoms with E-state index in [-0.39, 0.29) is 0 Å². The van der Waals surface area contributed by atoms with Crippen LogP contribution in [0.5, 0.6) is 11.8 Å². The third kappa shape index (κ3) is 1.42. The van der Waals surface area contributed by atoms with Crippen LogP contribution in [0.3, 0.4) is 0 Å². The van der Waals surface area contributed by atoms with Gasteiger partial charge in [0.05, 0.1) is 0 Å². The van der Waals surface area contributed by atoms with Crippen molar-refractivity contribution in [1.29, 1.82) is 0 Å². The Morgan fingerprint density at radius 1 is 1.17 bits per heavy atom. The third-order valence-electron chi connectivity index (χ3n) is 4.10. The fraction of sp³-hybridized carbons (Fsp3) is 0.769. The first kappa shape index (κ1) is 11.9. The molecular formula is C13H20BN2O2. The van der Waals surface area contributed by atoms with Crippen molar-refractivity contribution in [1.82, 2.24) is 4.57 Å². The molecule has 0 aliphatic carbocycles. The van der Waals surface area contributed by atoms with Crippen LogP contribution in [0.1, 0.15) is 39.8 Å². The molecule has 97 valence electrons. The van der Waals surface area contributed by atoms with Gasteiger partial charge in [-0.25, -0.2) is 9.13 Å². The van der Waals surface area contributed by atoms with Gasteiger partial charge in [0.25, 0.3) is 0 Å². The molecular weight excluding hydrogens is 227 g/mol. The predicted octanol–water partition coefficient (Wildman–Crippen LogP) is 0.748. The summed E-state index contributed by atoms with van der Waals surface area (Å²) in [7, 11) is 6.33. The van der Waals surface area contributed by atoms with Gasteiger partial charge in [0.1, 0.15) is 25.3 Å². The lowest BCUT2D eigenvalue weighted by molar-refractivity contribution is -0.694. The Bertz CT molecular complexity index is 440. The lowest BCUT2D eigenvalue weighted by Gasteiger charge is -2.19. The zero-order valence-corrected chi connectivity index (χ0v) is 11.5. The molecule has 0 N–H and O–H groups in total. The maximum absolute atomic E-state index is 6.33. The maximum atomic E-state index is 6.33. The fourth-order valence-electron chi connectivity index (χ4n) is 2.89. The highest BCUT2D eigenvalue weighted by Crippen LogP contribution is 2.39.